The summed E-state index contributed by atoms with van der Waals surface area (Å²) in [6.45, 7) is 0. The third-order valence-corrected chi connectivity index (χ3v) is 4.03. The van der Waals surface area contributed by atoms with Crippen LogP contribution in [-0.2, 0) is 17.6 Å². The number of carbonyl (C=O) groups is 1. The fourth-order valence-corrected chi connectivity index (χ4v) is 2.89. The van der Waals surface area contributed by atoms with Crippen LogP contribution in [0.1, 0.15) is 29.8 Å². The number of hydrogen-bond donors (Lipinski definition) is 1. The van der Waals surface area contributed by atoms with Gasteiger partial charge in [-0.05, 0) is 49.5 Å². The van der Waals surface area contributed by atoms with E-state index >= 15 is 0 Å². The lowest BCUT2D eigenvalue weighted by Gasteiger charge is -2.14. The summed E-state index contributed by atoms with van der Waals surface area (Å²) < 4.78 is 2.07. The highest BCUT2D eigenvalue weighted by atomic mass is 35.5. The Morgan fingerprint density at radius 1 is 1.33 bits per heavy atom. The van der Waals surface area contributed by atoms with E-state index < -0.39 is 5.97 Å². The second-order valence-corrected chi connectivity index (χ2v) is 5.50. The van der Waals surface area contributed by atoms with Gasteiger partial charge in [0, 0.05) is 22.5 Å². The van der Waals surface area contributed by atoms with Crippen LogP contribution in [0.2, 0.25) is 5.02 Å². The summed E-state index contributed by atoms with van der Waals surface area (Å²) in [6.07, 6.45) is 8.88. The minimum Gasteiger partial charge on any atom is -0.478 e. The molecule has 0 fully saturated rings. The molecule has 0 amide bonds. The van der Waals surface area contributed by atoms with E-state index in [0.29, 0.717) is 10.6 Å². The van der Waals surface area contributed by atoms with E-state index in [1.165, 1.54) is 30.3 Å². The Morgan fingerprint density at radius 2 is 2.14 bits per heavy atom. The monoisotopic (exact) mass is 302 g/mol. The summed E-state index contributed by atoms with van der Waals surface area (Å²) in [5, 5.41) is 9.19. The minimum absolute atomic E-state index is 0.531. The molecule has 0 saturated carbocycles. The molecule has 108 valence electrons. The van der Waals surface area contributed by atoms with Crippen LogP contribution >= 0.6 is 11.6 Å². The highest BCUT2D eigenvalue weighted by Gasteiger charge is 2.16. The molecule has 2 aromatic rings. The molecule has 21 heavy (non-hydrogen) atoms. The molecule has 4 nitrogen and oxygen atoms in total. The van der Waals surface area contributed by atoms with Crippen molar-refractivity contribution in [2.24, 2.45) is 0 Å². The first kappa shape index (κ1) is 13.9. The first-order valence-corrected chi connectivity index (χ1v) is 7.29. The van der Waals surface area contributed by atoms with Crippen molar-refractivity contribution in [1.29, 1.82) is 0 Å². The summed E-state index contributed by atoms with van der Waals surface area (Å²) in [4.78, 5) is 15.0. The average molecular weight is 303 g/mol. The predicted molar refractivity (Wildman–Crippen MR) is 81.9 cm³/mol. The summed E-state index contributed by atoms with van der Waals surface area (Å²) in [6, 6.07) is 5.61. The summed E-state index contributed by atoms with van der Waals surface area (Å²) >= 11 is 6.24. The van der Waals surface area contributed by atoms with E-state index in [-0.39, 0.29) is 0 Å². The fourth-order valence-electron chi connectivity index (χ4n) is 2.65. The van der Waals surface area contributed by atoms with Gasteiger partial charge in [0.05, 0.1) is 12.0 Å². The van der Waals surface area contributed by atoms with E-state index in [1.54, 1.807) is 0 Å². The van der Waals surface area contributed by atoms with Crippen molar-refractivity contribution < 1.29 is 9.90 Å². The molecule has 0 aliphatic heterocycles. The van der Waals surface area contributed by atoms with Crippen molar-refractivity contribution in [3.8, 4) is 5.69 Å². The van der Waals surface area contributed by atoms with Crippen molar-refractivity contribution in [3.63, 3.8) is 0 Å². The third kappa shape index (κ3) is 2.85. The highest BCUT2D eigenvalue weighted by Crippen LogP contribution is 2.26. The molecular formula is C16H15ClN2O2. The van der Waals surface area contributed by atoms with Crippen LogP contribution in [0.3, 0.4) is 0 Å². The maximum absolute atomic E-state index is 10.6. The standard InChI is InChI=1S/C16H15ClN2O2/c17-13-9-12(7-5-11(13)6-8-16(20)21)19-10-18-14-3-1-2-4-15(14)19/h5-10H,1-4H2,(H,20,21)/b8-6+. The Hall–Kier alpha value is -2.07. The summed E-state index contributed by atoms with van der Waals surface area (Å²) in [5.74, 6) is -0.987. The molecule has 3 rings (SSSR count). The average Bonchev–Trinajstić information content (AvgIpc) is 2.89. The van der Waals surface area contributed by atoms with E-state index in [2.05, 4.69) is 9.55 Å². The molecule has 0 spiro atoms. The molecule has 1 aromatic carbocycles. The smallest absolute Gasteiger partial charge is 0.328 e. The van der Waals surface area contributed by atoms with Crippen molar-refractivity contribution in [2.75, 3.05) is 0 Å². The normalized spacial score (nSPS) is 14.3. The number of hydrogen-bond acceptors (Lipinski definition) is 2. The van der Waals surface area contributed by atoms with E-state index in [9.17, 15) is 4.79 Å². The SMILES string of the molecule is O=C(O)/C=C/c1ccc(-n2cnc3c2CCCC3)cc1Cl. The van der Waals surface area contributed by atoms with Crippen molar-refractivity contribution in [1.82, 2.24) is 9.55 Å². The zero-order valence-electron chi connectivity index (χ0n) is 11.4. The third-order valence-electron chi connectivity index (χ3n) is 3.70. The number of aromatic nitrogens is 2. The van der Waals surface area contributed by atoms with Crippen molar-refractivity contribution in [2.45, 2.75) is 25.7 Å². The van der Waals surface area contributed by atoms with E-state index in [0.717, 1.165) is 24.6 Å². The van der Waals surface area contributed by atoms with Crippen molar-refractivity contribution in [3.05, 3.63) is 52.6 Å². The van der Waals surface area contributed by atoms with Gasteiger partial charge in [-0.15, -0.1) is 0 Å². The second-order valence-electron chi connectivity index (χ2n) is 5.09. The molecule has 1 heterocycles. The highest BCUT2D eigenvalue weighted by molar-refractivity contribution is 6.32. The molecule has 5 heteroatoms. The quantitative estimate of drug-likeness (QED) is 0.883. The lowest BCUT2D eigenvalue weighted by atomic mass is 10.0. The van der Waals surface area contributed by atoms with Crippen LogP contribution in [0.15, 0.2) is 30.6 Å². The first-order chi connectivity index (χ1) is 10.1. The minimum atomic E-state index is -0.987. The zero-order valence-corrected chi connectivity index (χ0v) is 12.2. The number of halogens is 1. The van der Waals surface area contributed by atoms with Gasteiger partial charge in [-0.1, -0.05) is 17.7 Å². The van der Waals surface area contributed by atoms with E-state index in [4.69, 9.17) is 16.7 Å². The molecule has 1 N–H and O–H groups in total. The molecule has 0 unspecified atom stereocenters. The number of nitrogens with zero attached hydrogens (tertiary/aromatic N) is 2. The number of carboxylic acids is 1. The molecule has 0 bridgehead atoms. The van der Waals surface area contributed by atoms with Gasteiger partial charge in [0.2, 0.25) is 0 Å². The van der Waals surface area contributed by atoms with Crippen molar-refractivity contribution >= 4 is 23.6 Å². The zero-order chi connectivity index (χ0) is 14.8. The molecule has 1 aromatic heterocycles. The van der Waals surface area contributed by atoms with Gasteiger partial charge in [0.25, 0.3) is 0 Å². The number of imidazole rings is 1. The van der Waals surface area contributed by atoms with Crippen LogP contribution in [0.4, 0.5) is 0 Å². The lowest BCUT2D eigenvalue weighted by molar-refractivity contribution is -0.131. The number of rotatable bonds is 3. The Labute approximate surface area is 127 Å². The Bertz CT molecular complexity index is 719. The Kier molecular flexibility index (Phi) is 3.80. The topological polar surface area (TPSA) is 55.1 Å². The van der Waals surface area contributed by atoms with Gasteiger partial charge in [-0.3, -0.25) is 0 Å². The molecule has 0 radical (unpaired) electrons. The molecule has 1 aliphatic rings. The van der Waals surface area contributed by atoms with Gasteiger partial charge in [0.15, 0.2) is 0 Å². The van der Waals surface area contributed by atoms with E-state index in [1.807, 2.05) is 24.5 Å². The van der Waals surface area contributed by atoms with Gasteiger partial charge in [-0.25, -0.2) is 9.78 Å². The largest absolute Gasteiger partial charge is 0.478 e. The molecular weight excluding hydrogens is 288 g/mol. The Morgan fingerprint density at radius 3 is 2.90 bits per heavy atom. The maximum Gasteiger partial charge on any atom is 0.328 e. The van der Waals surface area contributed by atoms with Gasteiger partial charge >= 0.3 is 5.97 Å². The van der Waals surface area contributed by atoms with Crippen LogP contribution in [0, 0.1) is 0 Å². The predicted octanol–water partition coefficient (Wildman–Crippen LogP) is 3.50. The Balaban J connectivity index is 1.95. The molecule has 0 atom stereocenters. The molecule has 1 aliphatic carbocycles. The number of aliphatic carboxylic acids is 1. The van der Waals surface area contributed by atoms with Gasteiger partial charge < -0.3 is 9.67 Å². The first-order valence-electron chi connectivity index (χ1n) is 6.91. The van der Waals surface area contributed by atoms with Gasteiger partial charge in [-0.2, -0.15) is 0 Å². The van der Waals surface area contributed by atoms with Crippen LogP contribution in [-0.4, -0.2) is 20.6 Å². The number of benzene rings is 1. The lowest BCUT2D eigenvalue weighted by Crippen LogP contribution is -2.06. The molecule has 0 saturated heterocycles. The number of carboxylic acid groups (broad SMARTS) is 1. The van der Waals surface area contributed by atoms with Crippen LogP contribution < -0.4 is 0 Å². The van der Waals surface area contributed by atoms with Gasteiger partial charge in [0.1, 0.15) is 0 Å². The number of fused-ring (bicyclic) bond motifs is 1. The number of aryl methyl sites for hydroxylation is 1. The summed E-state index contributed by atoms with van der Waals surface area (Å²) in [7, 11) is 0. The maximum atomic E-state index is 10.6. The van der Waals surface area contributed by atoms with Crippen LogP contribution in [0.25, 0.3) is 11.8 Å². The van der Waals surface area contributed by atoms with Crippen LogP contribution in [0.5, 0.6) is 0 Å². The fraction of sp³-hybridized carbons (Fsp3) is 0.250. The second kappa shape index (κ2) is 5.74. The summed E-state index contributed by atoms with van der Waals surface area (Å²) in [5.41, 5.74) is 4.08.